The number of ketones is 1. The normalized spacial score (nSPS) is 53.3. The molecule has 0 radical (unpaired) electrons. The highest BCUT2D eigenvalue weighted by atomic mass is 16.3. The van der Waals surface area contributed by atoms with Crippen LogP contribution in [0.3, 0.4) is 0 Å². The van der Waals surface area contributed by atoms with Gasteiger partial charge in [0.1, 0.15) is 12.2 Å². The minimum atomic E-state index is -1.53. The first-order valence-electron chi connectivity index (χ1n) is 10.1. The van der Waals surface area contributed by atoms with Crippen LogP contribution < -0.4 is 0 Å². The van der Waals surface area contributed by atoms with E-state index < -0.39 is 29.5 Å². The van der Waals surface area contributed by atoms with E-state index in [0.29, 0.717) is 12.8 Å². The van der Waals surface area contributed by atoms with E-state index in [2.05, 4.69) is 6.92 Å². The Morgan fingerprint density at radius 2 is 1.92 bits per heavy atom. The van der Waals surface area contributed by atoms with Gasteiger partial charge in [0.05, 0.1) is 12.2 Å². The minimum absolute atomic E-state index is 0.107. The zero-order valence-corrected chi connectivity index (χ0v) is 15.8. The molecule has 26 heavy (non-hydrogen) atoms. The van der Waals surface area contributed by atoms with Gasteiger partial charge in [0.25, 0.3) is 0 Å². The smallest absolute Gasteiger partial charge is 0.190 e. The van der Waals surface area contributed by atoms with Crippen molar-refractivity contribution in [3.8, 4) is 0 Å². The summed E-state index contributed by atoms with van der Waals surface area (Å²) in [5.41, 5.74) is -1.04. The average Bonchev–Trinajstić information content (AvgIpc) is 2.86. The van der Waals surface area contributed by atoms with Crippen molar-refractivity contribution in [2.75, 3.05) is 6.61 Å². The van der Waals surface area contributed by atoms with Crippen LogP contribution in [0.25, 0.3) is 0 Å². The SMILES string of the molecule is C[C@]12CCC(O)C=C1CC[C@@H]1[C@@H]2[C@@H](O)C[C@@]2(C)[C@H]1CC[C@]2(O)C(=O)CO. The lowest BCUT2D eigenvalue weighted by molar-refractivity contribution is -0.182. The molecule has 4 N–H and O–H groups in total. The molecule has 0 bridgehead atoms. The molecule has 0 amide bonds. The molecule has 5 heteroatoms. The second kappa shape index (κ2) is 5.87. The maximum Gasteiger partial charge on any atom is 0.190 e. The Bertz CT molecular complexity index is 644. The van der Waals surface area contributed by atoms with Gasteiger partial charge in [-0.05, 0) is 68.1 Å². The number of hydrogen-bond donors (Lipinski definition) is 4. The van der Waals surface area contributed by atoms with Crippen molar-refractivity contribution in [1.82, 2.24) is 0 Å². The average molecular weight is 364 g/mol. The third kappa shape index (κ3) is 2.20. The van der Waals surface area contributed by atoms with Crippen LogP contribution in [0.2, 0.25) is 0 Å². The number of carbonyl (C=O) groups excluding carboxylic acids is 1. The standard InChI is InChI=1S/C21H32O5/c1-19-7-5-13(23)9-12(19)3-4-14-15-6-8-21(26,17(25)11-22)20(15,2)10-16(24)18(14)19/h9,13-16,18,22-24,26H,3-8,10-11H2,1-2H3/t13?,14-,15-,16-,18+,19-,20-,21-/m0/s1. The second-order valence-corrected chi connectivity index (χ2v) is 9.72. The van der Waals surface area contributed by atoms with Crippen molar-refractivity contribution >= 4 is 5.78 Å². The molecule has 3 fully saturated rings. The molecule has 4 rings (SSSR count). The van der Waals surface area contributed by atoms with E-state index in [4.69, 9.17) is 0 Å². The molecule has 4 aliphatic carbocycles. The van der Waals surface area contributed by atoms with Crippen molar-refractivity contribution in [3.05, 3.63) is 11.6 Å². The first-order chi connectivity index (χ1) is 12.2. The van der Waals surface area contributed by atoms with Crippen molar-refractivity contribution in [3.63, 3.8) is 0 Å². The van der Waals surface area contributed by atoms with E-state index in [-0.39, 0.29) is 29.3 Å². The lowest BCUT2D eigenvalue weighted by atomic mass is 9.45. The second-order valence-electron chi connectivity index (χ2n) is 9.72. The Labute approximate surface area is 155 Å². The van der Waals surface area contributed by atoms with Crippen LogP contribution >= 0.6 is 0 Å². The first-order valence-corrected chi connectivity index (χ1v) is 10.1. The number of aliphatic hydroxyl groups excluding tert-OH is 3. The summed E-state index contributed by atoms with van der Waals surface area (Å²) >= 11 is 0. The van der Waals surface area contributed by atoms with E-state index in [1.807, 2.05) is 13.0 Å². The van der Waals surface area contributed by atoms with Gasteiger partial charge < -0.3 is 20.4 Å². The van der Waals surface area contributed by atoms with E-state index >= 15 is 0 Å². The number of fused-ring (bicyclic) bond motifs is 5. The summed E-state index contributed by atoms with van der Waals surface area (Å²) in [4.78, 5) is 12.4. The van der Waals surface area contributed by atoms with Gasteiger partial charge in [-0.2, -0.15) is 0 Å². The first kappa shape index (κ1) is 18.6. The monoisotopic (exact) mass is 364 g/mol. The predicted octanol–water partition coefficient (Wildman–Crippen LogP) is 1.57. The number of rotatable bonds is 2. The topological polar surface area (TPSA) is 98.0 Å². The summed E-state index contributed by atoms with van der Waals surface area (Å²) < 4.78 is 0. The lowest BCUT2D eigenvalue weighted by Gasteiger charge is -2.60. The van der Waals surface area contributed by atoms with Crippen LogP contribution in [0.15, 0.2) is 11.6 Å². The summed E-state index contributed by atoms with van der Waals surface area (Å²) in [7, 11) is 0. The Morgan fingerprint density at radius 1 is 1.19 bits per heavy atom. The largest absolute Gasteiger partial charge is 0.393 e. The molecular weight excluding hydrogens is 332 g/mol. The Hall–Kier alpha value is -0.750. The number of allylic oxidation sites excluding steroid dienone is 1. The fraction of sp³-hybridized carbons (Fsp3) is 0.857. The van der Waals surface area contributed by atoms with E-state index in [0.717, 1.165) is 32.1 Å². The Balaban J connectivity index is 1.72. The van der Waals surface area contributed by atoms with Gasteiger partial charge >= 0.3 is 0 Å². The number of hydrogen-bond acceptors (Lipinski definition) is 5. The van der Waals surface area contributed by atoms with Gasteiger partial charge in [-0.3, -0.25) is 4.79 Å². The van der Waals surface area contributed by atoms with E-state index in [1.165, 1.54) is 5.57 Å². The summed E-state index contributed by atoms with van der Waals surface area (Å²) in [6.45, 7) is 3.52. The molecule has 0 saturated heterocycles. The molecule has 0 aromatic rings. The van der Waals surface area contributed by atoms with Crippen LogP contribution in [0.1, 0.15) is 58.8 Å². The zero-order chi connectivity index (χ0) is 18.9. The maximum atomic E-state index is 12.4. The van der Waals surface area contributed by atoms with Crippen LogP contribution in [0.4, 0.5) is 0 Å². The number of aliphatic hydroxyl groups is 4. The lowest BCUT2D eigenvalue weighted by Crippen LogP contribution is -2.62. The summed E-state index contributed by atoms with van der Waals surface area (Å²) in [6.07, 6.45) is 6.03. The molecule has 8 atom stereocenters. The number of carbonyl (C=O) groups is 1. The van der Waals surface area contributed by atoms with Crippen molar-refractivity contribution in [2.45, 2.75) is 76.6 Å². The zero-order valence-electron chi connectivity index (χ0n) is 15.8. The highest BCUT2D eigenvalue weighted by Crippen LogP contribution is 2.67. The van der Waals surface area contributed by atoms with Crippen LogP contribution in [-0.2, 0) is 4.79 Å². The van der Waals surface area contributed by atoms with Gasteiger partial charge in [-0.1, -0.05) is 25.5 Å². The highest BCUT2D eigenvalue weighted by Gasteiger charge is 2.68. The molecule has 0 spiro atoms. The van der Waals surface area contributed by atoms with E-state index in [9.17, 15) is 25.2 Å². The molecule has 0 heterocycles. The Kier molecular flexibility index (Phi) is 4.20. The number of Topliss-reactive ketones (excluding diaryl/α,β-unsaturated/α-hetero) is 1. The molecule has 1 unspecified atom stereocenters. The minimum Gasteiger partial charge on any atom is -0.393 e. The molecule has 0 aliphatic heterocycles. The summed E-state index contributed by atoms with van der Waals surface area (Å²) in [5.74, 6) is 0.0551. The molecule has 4 aliphatic rings. The van der Waals surface area contributed by atoms with Gasteiger partial charge in [-0.25, -0.2) is 0 Å². The predicted molar refractivity (Wildman–Crippen MR) is 96.1 cm³/mol. The molecule has 3 saturated carbocycles. The van der Waals surface area contributed by atoms with Crippen LogP contribution in [0, 0.1) is 28.6 Å². The third-order valence-electron chi connectivity index (χ3n) is 8.78. The van der Waals surface area contributed by atoms with Gasteiger partial charge in [-0.15, -0.1) is 0 Å². The Morgan fingerprint density at radius 3 is 2.62 bits per heavy atom. The summed E-state index contributed by atoms with van der Waals surface area (Å²) in [6, 6.07) is 0. The fourth-order valence-electron chi connectivity index (χ4n) is 7.43. The maximum absolute atomic E-state index is 12.4. The van der Waals surface area contributed by atoms with Crippen molar-refractivity contribution in [2.24, 2.45) is 28.6 Å². The molecule has 0 aromatic heterocycles. The summed E-state index contributed by atoms with van der Waals surface area (Å²) in [5, 5.41) is 41.8. The van der Waals surface area contributed by atoms with E-state index in [1.54, 1.807) is 0 Å². The molecule has 5 nitrogen and oxygen atoms in total. The molecular formula is C21H32O5. The molecule has 0 aromatic carbocycles. The van der Waals surface area contributed by atoms with Crippen LogP contribution in [0.5, 0.6) is 0 Å². The van der Waals surface area contributed by atoms with Crippen LogP contribution in [-0.4, -0.2) is 50.6 Å². The fourth-order valence-corrected chi connectivity index (χ4v) is 7.43. The van der Waals surface area contributed by atoms with Gasteiger partial charge in [0, 0.05) is 5.41 Å². The molecule has 146 valence electrons. The van der Waals surface area contributed by atoms with Gasteiger partial charge in [0.15, 0.2) is 5.78 Å². The van der Waals surface area contributed by atoms with Crippen molar-refractivity contribution in [1.29, 1.82) is 0 Å². The van der Waals surface area contributed by atoms with Crippen molar-refractivity contribution < 1.29 is 25.2 Å². The highest BCUT2D eigenvalue weighted by molar-refractivity contribution is 5.89. The third-order valence-corrected chi connectivity index (χ3v) is 8.78. The van der Waals surface area contributed by atoms with Gasteiger partial charge in [0.2, 0.25) is 0 Å². The quantitative estimate of drug-likeness (QED) is 0.558.